The first-order valence-corrected chi connectivity index (χ1v) is 9.24. The fourth-order valence-electron chi connectivity index (χ4n) is 2.22. The van der Waals surface area contributed by atoms with E-state index in [0.717, 1.165) is 21.9 Å². The van der Waals surface area contributed by atoms with Crippen molar-refractivity contribution in [3.05, 3.63) is 45.4 Å². The van der Waals surface area contributed by atoms with Gasteiger partial charge in [0.1, 0.15) is 18.1 Å². The van der Waals surface area contributed by atoms with E-state index < -0.39 is 0 Å². The van der Waals surface area contributed by atoms with Gasteiger partial charge in [0.25, 0.3) is 5.91 Å². The van der Waals surface area contributed by atoms with Gasteiger partial charge in [0.2, 0.25) is 0 Å². The molecule has 3 N–H and O–H groups in total. The fourth-order valence-corrected chi connectivity index (χ4v) is 3.01. The molecule has 0 radical (unpaired) electrons. The first-order valence-electron chi connectivity index (χ1n) is 8.36. The third kappa shape index (κ3) is 6.12. The minimum atomic E-state index is -0.194. The van der Waals surface area contributed by atoms with Crippen LogP contribution in [0.4, 0.5) is 0 Å². The smallest absolute Gasteiger partial charge is 0.271 e. The van der Waals surface area contributed by atoms with Crippen molar-refractivity contribution in [1.29, 1.82) is 0 Å². The van der Waals surface area contributed by atoms with Gasteiger partial charge in [-0.2, -0.15) is 0 Å². The Morgan fingerprint density at radius 2 is 2.20 bits per heavy atom. The lowest BCUT2D eigenvalue weighted by Crippen LogP contribution is -2.23. The number of benzene rings is 1. The summed E-state index contributed by atoms with van der Waals surface area (Å²) in [6.07, 6.45) is 0.688. The third-order valence-electron chi connectivity index (χ3n) is 3.49. The monoisotopic (exact) mass is 363 g/mol. The summed E-state index contributed by atoms with van der Waals surface area (Å²) in [5.74, 6) is 0.572. The summed E-state index contributed by atoms with van der Waals surface area (Å²) >= 11 is 1.45. The number of rotatable bonds is 10. The van der Waals surface area contributed by atoms with Crippen LogP contribution in [0.25, 0.3) is 0 Å². The highest BCUT2D eigenvalue weighted by Crippen LogP contribution is 2.20. The van der Waals surface area contributed by atoms with E-state index in [4.69, 9.17) is 15.2 Å². The summed E-state index contributed by atoms with van der Waals surface area (Å²) in [4.78, 5) is 16.6. The van der Waals surface area contributed by atoms with Crippen LogP contribution >= 0.6 is 11.3 Å². The molecule has 0 unspecified atom stereocenters. The Hall–Kier alpha value is -1.96. The summed E-state index contributed by atoms with van der Waals surface area (Å²) in [5, 5.41) is 5.53. The van der Waals surface area contributed by atoms with Gasteiger partial charge in [-0.25, -0.2) is 4.98 Å². The van der Waals surface area contributed by atoms with Crippen LogP contribution in [0.2, 0.25) is 0 Å². The van der Waals surface area contributed by atoms with Crippen LogP contribution in [-0.4, -0.2) is 37.3 Å². The molecule has 0 aliphatic rings. The zero-order valence-corrected chi connectivity index (χ0v) is 15.5. The van der Waals surface area contributed by atoms with Crippen LogP contribution in [0.5, 0.6) is 5.75 Å². The van der Waals surface area contributed by atoms with Crippen LogP contribution < -0.4 is 15.8 Å². The molecule has 0 saturated heterocycles. The normalized spacial score (nSPS) is 10.7. The molecule has 25 heavy (non-hydrogen) atoms. The number of nitrogens with one attached hydrogen (secondary N) is 1. The molecule has 1 aromatic heterocycles. The predicted molar refractivity (Wildman–Crippen MR) is 99.2 cm³/mol. The summed E-state index contributed by atoms with van der Waals surface area (Å²) < 4.78 is 11.1. The SMILES string of the molecule is CCOCCOc1cc(C)ccc1CNC(=O)c1csc(CCN)n1. The molecule has 0 bridgehead atoms. The number of nitrogens with two attached hydrogens (primary N) is 1. The topological polar surface area (TPSA) is 86.5 Å². The zero-order valence-electron chi connectivity index (χ0n) is 14.7. The molecule has 0 saturated carbocycles. The van der Waals surface area contributed by atoms with Gasteiger partial charge >= 0.3 is 0 Å². The zero-order chi connectivity index (χ0) is 18.1. The highest BCUT2D eigenvalue weighted by atomic mass is 32.1. The third-order valence-corrected chi connectivity index (χ3v) is 4.40. The number of carbonyl (C=O) groups is 1. The number of aromatic nitrogens is 1. The lowest BCUT2D eigenvalue weighted by molar-refractivity contribution is 0.0944. The molecule has 136 valence electrons. The second-order valence-electron chi connectivity index (χ2n) is 5.50. The van der Waals surface area contributed by atoms with Crippen molar-refractivity contribution in [3.63, 3.8) is 0 Å². The highest BCUT2D eigenvalue weighted by Gasteiger charge is 2.12. The molecule has 0 aliphatic carbocycles. The molecule has 6 nitrogen and oxygen atoms in total. The van der Waals surface area contributed by atoms with Crippen LogP contribution in [-0.2, 0) is 17.7 Å². The van der Waals surface area contributed by atoms with Gasteiger partial charge in [-0.1, -0.05) is 12.1 Å². The first kappa shape index (κ1) is 19.4. The molecule has 1 heterocycles. The van der Waals surface area contributed by atoms with E-state index in [9.17, 15) is 4.79 Å². The van der Waals surface area contributed by atoms with Crippen molar-refractivity contribution in [3.8, 4) is 5.75 Å². The first-order chi connectivity index (χ1) is 12.1. The molecule has 2 rings (SSSR count). The lowest BCUT2D eigenvalue weighted by Gasteiger charge is -2.13. The largest absolute Gasteiger partial charge is 0.491 e. The van der Waals surface area contributed by atoms with Gasteiger partial charge in [0.05, 0.1) is 11.6 Å². The van der Waals surface area contributed by atoms with Crippen molar-refractivity contribution < 1.29 is 14.3 Å². The quantitative estimate of drug-likeness (QED) is 0.633. The van der Waals surface area contributed by atoms with Crippen LogP contribution in [0.1, 0.15) is 33.5 Å². The van der Waals surface area contributed by atoms with Crippen LogP contribution in [0.3, 0.4) is 0 Å². The number of ether oxygens (including phenoxy) is 2. The Morgan fingerprint density at radius 1 is 1.36 bits per heavy atom. The maximum atomic E-state index is 12.3. The Labute approximate surface area is 152 Å². The maximum Gasteiger partial charge on any atom is 0.271 e. The Balaban J connectivity index is 1.95. The molecule has 7 heteroatoms. The molecule has 0 fully saturated rings. The average molecular weight is 363 g/mol. The van der Waals surface area contributed by atoms with Crippen molar-refractivity contribution in [2.45, 2.75) is 26.8 Å². The summed E-state index contributed by atoms with van der Waals surface area (Å²) in [6.45, 7) is 6.55. The predicted octanol–water partition coefficient (Wildman–Crippen LogP) is 2.30. The molecular formula is C18H25N3O3S. The summed E-state index contributed by atoms with van der Waals surface area (Å²) in [7, 11) is 0. The van der Waals surface area contributed by atoms with Gasteiger partial charge in [-0.3, -0.25) is 4.79 Å². The molecular weight excluding hydrogens is 338 g/mol. The highest BCUT2D eigenvalue weighted by molar-refractivity contribution is 7.09. The Morgan fingerprint density at radius 3 is 2.96 bits per heavy atom. The molecule has 0 aliphatic heterocycles. The minimum absolute atomic E-state index is 0.194. The second kappa shape index (κ2) is 10.1. The summed E-state index contributed by atoms with van der Waals surface area (Å²) in [5.41, 5.74) is 7.97. The standard InChI is InChI=1S/C18H25N3O3S/c1-3-23-8-9-24-16-10-13(2)4-5-14(16)11-20-18(22)15-12-25-17(21-15)6-7-19/h4-5,10,12H,3,6-9,11,19H2,1-2H3,(H,20,22). The Kier molecular flexibility index (Phi) is 7.84. The molecule has 1 amide bonds. The minimum Gasteiger partial charge on any atom is -0.491 e. The van der Waals surface area contributed by atoms with Gasteiger partial charge in [-0.05, 0) is 32.0 Å². The van der Waals surface area contributed by atoms with Crippen molar-refractivity contribution >= 4 is 17.2 Å². The van der Waals surface area contributed by atoms with Crippen molar-refractivity contribution in [1.82, 2.24) is 10.3 Å². The van der Waals surface area contributed by atoms with E-state index in [1.807, 2.05) is 32.0 Å². The lowest BCUT2D eigenvalue weighted by atomic mass is 10.1. The number of hydrogen-bond acceptors (Lipinski definition) is 6. The average Bonchev–Trinajstić information content (AvgIpc) is 3.07. The number of nitrogens with zero attached hydrogens (tertiary/aromatic N) is 1. The van der Waals surface area contributed by atoms with Gasteiger partial charge < -0.3 is 20.5 Å². The van der Waals surface area contributed by atoms with Crippen LogP contribution in [0.15, 0.2) is 23.6 Å². The van der Waals surface area contributed by atoms with Crippen LogP contribution in [0, 0.1) is 6.92 Å². The van der Waals surface area contributed by atoms with Gasteiger partial charge in [0.15, 0.2) is 0 Å². The number of thiazole rings is 1. The number of carbonyl (C=O) groups excluding carboxylic acids is 1. The second-order valence-corrected chi connectivity index (χ2v) is 6.45. The van der Waals surface area contributed by atoms with E-state index in [2.05, 4.69) is 10.3 Å². The summed E-state index contributed by atoms with van der Waals surface area (Å²) in [6, 6.07) is 5.93. The van der Waals surface area contributed by atoms with Crippen molar-refractivity contribution in [2.75, 3.05) is 26.4 Å². The molecule has 1 aromatic carbocycles. The van der Waals surface area contributed by atoms with Crippen molar-refractivity contribution in [2.24, 2.45) is 5.73 Å². The fraction of sp³-hybridized carbons (Fsp3) is 0.444. The van der Waals surface area contributed by atoms with E-state index >= 15 is 0 Å². The number of hydrogen-bond donors (Lipinski definition) is 2. The molecule has 2 aromatic rings. The van der Waals surface area contributed by atoms with E-state index in [0.29, 0.717) is 45.0 Å². The Bertz CT molecular complexity index is 688. The van der Waals surface area contributed by atoms with Gasteiger partial charge in [0, 0.05) is 30.5 Å². The van der Waals surface area contributed by atoms with E-state index in [1.165, 1.54) is 11.3 Å². The van der Waals surface area contributed by atoms with E-state index in [1.54, 1.807) is 5.38 Å². The number of amides is 1. The molecule has 0 spiro atoms. The van der Waals surface area contributed by atoms with E-state index in [-0.39, 0.29) is 5.91 Å². The van der Waals surface area contributed by atoms with Gasteiger partial charge in [-0.15, -0.1) is 11.3 Å². The maximum absolute atomic E-state index is 12.3. The number of aryl methyl sites for hydroxylation is 1. The molecule has 0 atom stereocenters.